The molecule has 0 amide bonds. The van der Waals surface area contributed by atoms with Crippen molar-refractivity contribution in [2.45, 2.75) is 31.9 Å². The van der Waals surface area contributed by atoms with Crippen LogP contribution in [0.4, 0.5) is 0 Å². The first-order chi connectivity index (χ1) is 7.10. The molecule has 0 aliphatic heterocycles. The summed E-state index contributed by atoms with van der Waals surface area (Å²) in [5.74, 6) is 0. The summed E-state index contributed by atoms with van der Waals surface area (Å²) in [4.78, 5) is 0. The Balaban J connectivity index is 2.70. The molecular formula is C13H21NO. The van der Waals surface area contributed by atoms with Crippen molar-refractivity contribution in [1.82, 2.24) is 5.32 Å². The Bertz CT molecular complexity index is 282. The highest BCUT2D eigenvalue weighted by molar-refractivity contribution is 5.16. The van der Waals surface area contributed by atoms with Gasteiger partial charge in [-0.1, -0.05) is 30.3 Å². The summed E-state index contributed by atoms with van der Waals surface area (Å²) in [6.07, 6.45) is 0.984. The third kappa shape index (κ3) is 3.33. The molecule has 2 heteroatoms. The van der Waals surface area contributed by atoms with E-state index in [2.05, 4.69) is 43.4 Å². The van der Waals surface area contributed by atoms with E-state index < -0.39 is 0 Å². The molecule has 1 N–H and O–H groups in total. The van der Waals surface area contributed by atoms with Gasteiger partial charge in [0.25, 0.3) is 0 Å². The first-order valence-electron chi connectivity index (χ1n) is 5.36. The van der Waals surface area contributed by atoms with Crippen molar-refractivity contribution in [2.75, 3.05) is 14.2 Å². The molecule has 0 radical (unpaired) electrons. The van der Waals surface area contributed by atoms with E-state index in [0.29, 0.717) is 6.04 Å². The van der Waals surface area contributed by atoms with Crippen LogP contribution in [0.1, 0.15) is 19.4 Å². The van der Waals surface area contributed by atoms with Gasteiger partial charge in [-0.25, -0.2) is 0 Å². The topological polar surface area (TPSA) is 21.3 Å². The lowest BCUT2D eigenvalue weighted by Crippen LogP contribution is -2.47. The van der Waals surface area contributed by atoms with Crippen molar-refractivity contribution in [3.05, 3.63) is 35.9 Å². The summed E-state index contributed by atoms with van der Waals surface area (Å²) in [5, 5.41) is 3.32. The highest BCUT2D eigenvalue weighted by Gasteiger charge is 2.27. The molecule has 1 aromatic carbocycles. The Morgan fingerprint density at radius 2 is 1.87 bits per heavy atom. The number of benzene rings is 1. The summed E-state index contributed by atoms with van der Waals surface area (Å²) in [6, 6.07) is 10.8. The first-order valence-corrected chi connectivity index (χ1v) is 5.36. The zero-order chi connectivity index (χ0) is 11.3. The van der Waals surface area contributed by atoms with E-state index in [1.54, 1.807) is 7.11 Å². The maximum atomic E-state index is 5.50. The maximum Gasteiger partial charge on any atom is 0.0778 e. The monoisotopic (exact) mass is 207 g/mol. The van der Waals surface area contributed by atoms with Crippen molar-refractivity contribution < 1.29 is 4.74 Å². The van der Waals surface area contributed by atoms with Gasteiger partial charge in [-0.05, 0) is 32.9 Å². The van der Waals surface area contributed by atoms with Crippen LogP contribution >= 0.6 is 0 Å². The van der Waals surface area contributed by atoms with Crippen LogP contribution in [0, 0.1) is 0 Å². The fraction of sp³-hybridized carbons (Fsp3) is 0.538. The Morgan fingerprint density at radius 1 is 1.27 bits per heavy atom. The minimum Gasteiger partial charge on any atom is -0.377 e. The summed E-state index contributed by atoms with van der Waals surface area (Å²) >= 11 is 0. The average molecular weight is 207 g/mol. The lowest BCUT2D eigenvalue weighted by Gasteiger charge is -2.33. The fourth-order valence-electron chi connectivity index (χ4n) is 1.69. The SMILES string of the molecule is CNC(Cc1ccccc1)C(C)(C)OC. The van der Waals surface area contributed by atoms with Gasteiger partial charge in [-0.2, -0.15) is 0 Å². The molecule has 0 fully saturated rings. The number of methoxy groups -OCH3 is 1. The van der Waals surface area contributed by atoms with Gasteiger partial charge in [-0.15, -0.1) is 0 Å². The molecule has 0 aliphatic carbocycles. The third-order valence-electron chi connectivity index (χ3n) is 3.00. The van der Waals surface area contributed by atoms with Crippen molar-refractivity contribution in [3.8, 4) is 0 Å². The predicted molar refractivity (Wildman–Crippen MR) is 64.1 cm³/mol. The molecule has 2 nitrogen and oxygen atoms in total. The second kappa shape index (κ2) is 5.29. The van der Waals surface area contributed by atoms with Crippen LogP contribution in [0.25, 0.3) is 0 Å². The molecule has 0 aromatic heterocycles. The van der Waals surface area contributed by atoms with E-state index in [4.69, 9.17) is 4.74 Å². The quantitative estimate of drug-likeness (QED) is 0.799. The molecule has 0 bridgehead atoms. The second-order valence-corrected chi connectivity index (χ2v) is 4.34. The van der Waals surface area contributed by atoms with Crippen molar-refractivity contribution in [1.29, 1.82) is 0 Å². The van der Waals surface area contributed by atoms with Gasteiger partial charge < -0.3 is 10.1 Å². The maximum absolute atomic E-state index is 5.50. The van der Waals surface area contributed by atoms with Gasteiger partial charge in [0.15, 0.2) is 0 Å². The van der Waals surface area contributed by atoms with E-state index in [0.717, 1.165) is 6.42 Å². The summed E-state index contributed by atoms with van der Waals surface area (Å²) in [5.41, 5.74) is 1.19. The lowest BCUT2D eigenvalue weighted by molar-refractivity contribution is -0.00797. The molecule has 0 aliphatic rings. The fourth-order valence-corrected chi connectivity index (χ4v) is 1.69. The largest absolute Gasteiger partial charge is 0.377 e. The molecule has 84 valence electrons. The van der Waals surface area contributed by atoms with Crippen LogP contribution in [0.2, 0.25) is 0 Å². The summed E-state index contributed by atoms with van der Waals surface area (Å²) < 4.78 is 5.50. The number of hydrogen-bond donors (Lipinski definition) is 1. The molecule has 1 unspecified atom stereocenters. The molecule has 0 saturated heterocycles. The van der Waals surface area contributed by atoms with Crippen LogP contribution in [0.15, 0.2) is 30.3 Å². The van der Waals surface area contributed by atoms with E-state index in [9.17, 15) is 0 Å². The van der Waals surface area contributed by atoms with Crippen LogP contribution in [0.3, 0.4) is 0 Å². The van der Waals surface area contributed by atoms with Gasteiger partial charge in [-0.3, -0.25) is 0 Å². The Labute approximate surface area is 92.6 Å². The van der Waals surface area contributed by atoms with E-state index in [-0.39, 0.29) is 5.60 Å². The summed E-state index contributed by atoms with van der Waals surface area (Å²) in [6.45, 7) is 4.22. The van der Waals surface area contributed by atoms with Gasteiger partial charge in [0.05, 0.1) is 5.60 Å². The van der Waals surface area contributed by atoms with Gasteiger partial charge >= 0.3 is 0 Å². The Hall–Kier alpha value is -0.860. The Morgan fingerprint density at radius 3 is 2.33 bits per heavy atom. The second-order valence-electron chi connectivity index (χ2n) is 4.34. The highest BCUT2D eigenvalue weighted by atomic mass is 16.5. The summed E-state index contributed by atoms with van der Waals surface area (Å²) in [7, 11) is 3.74. The molecule has 15 heavy (non-hydrogen) atoms. The average Bonchev–Trinajstić information content (AvgIpc) is 2.27. The van der Waals surface area contributed by atoms with E-state index in [1.807, 2.05) is 13.1 Å². The molecule has 0 heterocycles. The smallest absolute Gasteiger partial charge is 0.0778 e. The Kier molecular flexibility index (Phi) is 4.30. The minimum absolute atomic E-state index is 0.148. The third-order valence-corrected chi connectivity index (χ3v) is 3.00. The molecule has 0 saturated carbocycles. The lowest BCUT2D eigenvalue weighted by atomic mass is 9.92. The number of hydrogen-bond acceptors (Lipinski definition) is 2. The number of likely N-dealkylation sites (N-methyl/N-ethyl adjacent to an activating group) is 1. The minimum atomic E-state index is -0.148. The molecule has 1 rings (SSSR count). The first kappa shape index (κ1) is 12.2. The molecular weight excluding hydrogens is 186 g/mol. The van der Waals surface area contributed by atoms with Gasteiger partial charge in [0.2, 0.25) is 0 Å². The standard InChI is InChI=1S/C13H21NO/c1-13(2,15-4)12(14-3)10-11-8-6-5-7-9-11/h5-9,12,14H,10H2,1-4H3. The zero-order valence-corrected chi connectivity index (χ0v) is 10.1. The van der Waals surface area contributed by atoms with Crippen LogP contribution < -0.4 is 5.32 Å². The number of rotatable bonds is 5. The number of nitrogens with one attached hydrogen (secondary N) is 1. The molecule has 1 aromatic rings. The molecule has 1 atom stereocenters. The van der Waals surface area contributed by atoms with Crippen LogP contribution in [-0.2, 0) is 11.2 Å². The van der Waals surface area contributed by atoms with Crippen LogP contribution in [0.5, 0.6) is 0 Å². The highest BCUT2D eigenvalue weighted by Crippen LogP contribution is 2.17. The van der Waals surface area contributed by atoms with E-state index in [1.165, 1.54) is 5.56 Å². The number of ether oxygens (including phenoxy) is 1. The van der Waals surface area contributed by atoms with Gasteiger partial charge in [0, 0.05) is 13.2 Å². The normalized spacial score (nSPS) is 13.9. The van der Waals surface area contributed by atoms with Crippen molar-refractivity contribution in [2.24, 2.45) is 0 Å². The van der Waals surface area contributed by atoms with Crippen LogP contribution in [-0.4, -0.2) is 25.8 Å². The van der Waals surface area contributed by atoms with Gasteiger partial charge in [0.1, 0.15) is 0 Å². The molecule has 0 spiro atoms. The van der Waals surface area contributed by atoms with E-state index >= 15 is 0 Å². The predicted octanol–water partition coefficient (Wildman–Crippen LogP) is 2.24. The van der Waals surface area contributed by atoms with Crippen molar-refractivity contribution >= 4 is 0 Å². The van der Waals surface area contributed by atoms with Crippen molar-refractivity contribution in [3.63, 3.8) is 0 Å². The zero-order valence-electron chi connectivity index (χ0n) is 10.1.